The molecule has 0 atom stereocenters. The number of aromatic nitrogens is 1. The van der Waals surface area contributed by atoms with Gasteiger partial charge in [-0.3, -0.25) is 0 Å². The fraction of sp³-hybridized carbons (Fsp3) is 0. The molecule has 0 bridgehead atoms. The van der Waals surface area contributed by atoms with E-state index in [1.807, 2.05) is 47.2 Å². The van der Waals surface area contributed by atoms with Crippen LogP contribution in [0.3, 0.4) is 0 Å². The summed E-state index contributed by atoms with van der Waals surface area (Å²) in [6.45, 7) is 0. The Bertz CT molecular complexity index is 673. The Kier molecular flexibility index (Phi) is 2.37. The Labute approximate surface area is 103 Å². The van der Waals surface area contributed by atoms with E-state index < -0.39 is 0 Å². The first-order chi connectivity index (χ1) is 8.25. The quantitative estimate of drug-likeness (QED) is 0.598. The molecule has 0 unspecified atom stereocenters. The van der Waals surface area contributed by atoms with Crippen LogP contribution in [0.5, 0.6) is 0 Å². The molecule has 0 N–H and O–H groups in total. The Morgan fingerprint density at radius 3 is 2.53 bits per heavy atom. The normalized spacial score (nSPS) is 10.9. The Morgan fingerprint density at radius 2 is 1.76 bits per heavy atom. The van der Waals surface area contributed by atoms with Gasteiger partial charge in [0.1, 0.15) is 5.82 Å². The predicted molar refractivity (Wildman–Crippen MR) is 68.2 cm³/mol. The smallest absolute Gasteiger partial charge is 0.142 e. The highest BCUT2D eigenvalue weighted by molar-refractivity contribution is 6.31. The van der Waals surface area contributed by atoms with Crippen molar-refractivity contribution < 1.29 is 4.39 Å². The lowest BCUT2D eigenvalue weighted by atomic mass is 10.2. The van der Waals surface area contributed by atoms with Crippen LogP contribution in [0.1, 0.15) is 0 Å². The summed E-state index contributed by atoms with van der Waals surface area (Å²) in [5.41, 5.74) is 1.94. The highest BCUT2D eigenvalue weighted by atomic mass is 35.5. The molecule has 0 amide bonds. The monoisotopic (exact) mass is 245 g/mol. The van der Waals surface area contributed by atoms with Gasteiger partial charge in [-0.2, -0.15) is 0 Å². The third-order valence-electron chi connectivity index (χ3n) is 2.77. The van der Waals surface area contributed by atoms with Crippen molar-refractivity contribution in [3.8, 4) is 5.69 Å². The first-order valence-corrected chi connectivity index (χ1v) is 5.65. The van der Waals surface area contributed by atoms with Crippen LogP contribution in [0.25, 0.3) is 16.6 Å². The number of hydrogen-bond donors (Lipinski definition) is 0. The topological polar surface area (TPSA) is 4.93 Å². The highest BCUT2D eigenvalue weighted by Gasteiger charge is 2.07. The minimum Gasteiger partial charge on any atom is -0.317 e. The second-order valence-corrected chi connectivity index (χ2v) is 4.25. The maximum atomic E-state index is 13.3. The predicted octanol–water partition coefficient (Wildman–Crippen LogP) is 4.42. The fourth-order valence-corrected chi connectivity index (χ4v) is 2.10. The first kappa shape index (κ1) is 10.4. The van der Waals surface area contributed by atoms with Gasteiger partial charge in [0.15, 0.2) is 0 Å². The summed E-state index contributed by atoms with van der Waals surface area (Å²) in [5.74, 6) is -0.384. The van der Waals surface area contributed by atoms with E-state index in [1.54, 1.807) is 6.07 Å². The van der Waals surface area contributed by atoms with E-state index in [-0.39, 0.29) is 10.8 Å². The third kappa shape index (κ3) is 1.71. The summed E-state index contributed by atoms with van der Waals surface area (Å²) in [5, 5.41) is 0.990. The zero-order valence-corrected chi connectivity index (χ0v) is 9.66. The Morgan fingerprint density at radius 1 is 1.00 bits per heavy atom. The SMILES string of the molecule is Fc1cc2ccn(-c3ccccc3)c2cc1Cl. The van der Waals surface area contributed by atoms with Crippen molar-refractivity contribution in [2.24, 2.45) is 0 Å². The molecule has 0 aliphatic heterocycles. The largest absolute Gasteiger partial charge is 0.317 e. The van der Waals surface area contributed by atoms with Crippen molar-refractivity contribution in [2.45, 2.75) is 0 Å². The summed E-state index contributed by atoms with van der Waals surface area (Å²) in [7, 11) is 0. The molecule has 84 valence electrons. The molecule has 3 heteroatoms. The molecule has 3 aromatic rings. The minimum absolute atomic E-state index is 0.147. The second-order valence-electron chi connectivity index (χ2n) is 3.85. The lowest BCUT2D eigenvalue weighted by molar-refractivity contribution is 0.630. The van der Waals surface area contributed by atoms with Gasteiger partial charge in [0.25, 0.3) is 0 Å². The summed E-state index contributed by atoms with van der Waals surface area (Å²) in [6, 6.07) is 14.9. The molecular formula is C14H9ClFN. The molecule has 0 spiro atoms. The van der Waals surface area contributed by atoms with Gasteiger partial charge >= 0.3 is 0 Å². The molecule has 0 saturated carbocycles. The summed E-state index contributed by atoms with van der Waals surface area (Å²) >= 11 is 5.82. The Balaban J connectivity index is 2.29. The lowest BCUT2D eigenvalue weighted by Gasteiger charge is -2.05. The van der Waals surface area contributed by atoms with Crippen molar-refractivity contribution in [3.05, 3.63) is 65.6 Å². The highest BCUT2D eigenvalue weighted by Crippen LogP contribution is 2.26. The molecule has 17 heavy (non-hydrogen) atoms. The number of benzene rings is 2. The van der Waals surface area contributed by atoms with E-state index in [1.165, 1.54) is 6.07 Å². The van der Waals surface area contributed by atoms with E-state index >= 15 is 0 Å². The lowest BCUT2D eigenvalue weighted by Crippen LogP contribution is -1.91. The van der Waals surface area contributed by atoms with E-state index in [4.69, 9.17) is 11.6 Å². The zero-order chi connectivity index (χ0) is 11.8. The molecule has 2 aromatic carbocycles. The number of halogens is 2. The summed E-state index contributed by atoms with van der Waals surface area (Å²) in [4.78, 5) is 0. The number of fused-ring (bicyclic) bond motifs is 1. The molecule has 1 aromatic heterocycles. The Hall–Kier alpha value is -1.80. The average molecular weight is 246 g/mol. The van der Waals surface area contributed by atoms with Crippen molar-refractivity contribution in [3.63, 3.8) is 0 Å². The third-order valence-corrected chi connectivity index (χ3v) is 3.06. The maximum Gasteiger partial charge on any atom is 0.142 e. The second kappa shape index (κ2) is 3.90. The van der Waals surface area contributed by atoms with E-state index in [9.17, 15) is 4.39 Å². The van der Waals surface area contributed by atoms with Gasteiger partial charge in [0.05, 0.1) is 10.5 Å². The van der Waals surface area contributed by atoms with Crippen LogP contribution < -0.4 is 0 Å². The van der Waals surface area contributed by atoms with Crippen molar-refractivity contribution >= 4 is 22.5 Å². The number of hydrogen-bond acceptors (Lipinski definition) is 0. The van der Waals surface area contributed by atoms with Crippen LogP contribution in [0.2, 0.25) is 5.02 Å². The molecule has 3 rings (SSSR count). The standard InChI is InChI=1S/C14H9ClFN/c15-12-9-14-10(8-13(12)16)6-7-17(14)11-4-2-1-3-5-11/h1-9H. The van der Waals surface area contributed by atoms with Gasteiger partial charge in [-0.25, -0.2) is 4.39 Å². The van der Waals surface area contributed by atoms with E-state index in [2.05, 4.69) is 0 Å². The van der Waals surface area contributed by atoms with Crippen LogP contribution in [-0.4, -0.2) is 4.57 Å². The van der Waals surface area contributed by atoms with E-state index in [0.717, 1.165) is 16.6 Å². The average Bonchev–Trinajstić information content (AvgIpc) is 2.74. The molecule has 1 heterocycles. The van der Waals surface area contributed by atoms with Gasteiger partial charge in [0.2, 0.25) is 0 Å². The molecule has 1 nitrogen and oxygen atoms in total. The molecular weight excluding hydrogens is 237 g/mol. The van der Waals surface area contributed by atoms with Crippen molar-refractivity contribution in [1.29, 1.82) is 0 Å². The van der Waals surface area contributed by atoms with Crippen LogP contribution in [0.4, 0.5) is 4.39 Å². The van der Waals surface area contributed by atoms with Crippen molar-refractivity contribution in [2.75, 3.05) is 0 Å². The number of rotatable bonds is 1. The van der Waals surface area contributed by atoms with Crippen LogP contribution >= 0.6 is 11.6 Å². The summed E-state index contributed by atoms with van der Waals surface area (Å²) < 4.78 is 15.3. The van der Waals surface area contributed by atoms with E-state index in [0.29, 0.717) is 0 Å². The molecule has 0 aliphatic rings. The fourth-order valence-electron chi connectivity index (χ4n) is 1.94. The molecule has 0 fully saturated rings. The van der Waals surface area contributed by atoms with Gasteiger partial charge < -0.3 is 4.57 Å². The van der Waals surface area contributed by atoms with Crippen LogP contribution in [0, 0.1) is 5.82 Å². The molecule has 0 saturated heterocycles. The minimum atomic E-state index is -0.384. The van der Waals surface area contributed by atoms with Gasteiger partial charge in [-0.15, -0.1) is 0 Å². The maximum absolute atomic E-state index is 13.3. The number of para-hydroxylation sites is 1. The zero-order valence-electron chi connectivity index (χ0n) is 8.90. The first-order valence-electron chi connectivity index (χ1n) is 5.27. The summed E-state index contributed by atoms with van der Waals surface area (Å²) in [6.07, 6.45) is 1.91. The number of nitrogens with zero attached hydrogens (tertiary/aromatic N) is 1. The van der Waals surface area contributed by atoms with Crippen molar-refractivity contribution in [1.82, 2.24) is 4.57 Å². The van der Waals surface area contributed by atoms with Crippen LogP contribution in [-0.2, 0) is 0 Å². The molecule has 0 radical (unpaired) electrons. The molecule has 0 aliphatic carbocycles. The van der Waals surface area contributed by atoms with Gasteiger partial charge in [-0.05, 0) is 30.3 Å². The van der Waals surface area contributed by atoms with Gasteiger partial charge in [0, 0.05) is 17.3 Å². The van der Waals surface area contributed by atoms with Crippen LogP contribution in [0.15, 0.2) is 54.7 Å². The van der Waals surface area contributed by atoms with Gasteiger partial charge in [-0.1, -0.05) is 29.8 Å².